The molecule has 0 spiro atoms. The van der Waals surface area contributed by atoms with Crippen molar-refractivity contribution in [3.63, 3.8) is 0 Å². The number of carbonyl (C=O) groups excluding carboxylic acids is 2. The number of hydrogen-bond donors (Lipinski definition) is 2. The Labute approximate surface area is 275 Å². The number of halogens is 3. The van der Waals surface area contributed by atoms with Crippen molar-refractivity contribution in [3.8, 4) is 33.6 Å². The minimum absolute atomic E-state index is 0.133. The van der Waals surface area contributed by atoms with Crippen molar-refractivity contribution in [2.45, 2.75) is 32.0 Å². The lowest BCUT2D eigenvalue weighted by Crippen LogP contribution is -2.43. The molecule has 3 aromatic carbocycles. The molecule has 2 amide bonds. The maximum absolute atomic E-state index is 15.6. The van der Waals surface area contributed by atoms with E-state index in [2.05, 4.69) is 10.3 Å². The smallest absolute Gasteiger partial charge is 0.253 e. The number of aromatic nitrogens is 1. The van der Waals surface area contributed by atoms with Crippen LogP contribution in [0, 0.1) is 11.6 Å². The predicted octanol–water partition coefficient (Wildman–Crippen LogP) is 7.83. The van der Waals surface area contributed by atoms with Crippen LogP contribution in [0.5, 0.6) is 0 Å². The van der Waals surface area contributed by atoms with Gasteiger partial charge in [-0.1, -0.05) is 24.3 Å². The van der Waals surface area contributed by atoms with Crippen LogP contribution in [0.15, 0.2) is 102 Å². The van der Waals surface area contributed by atoms with Crippen LogP contribution < -0.4 is 11.1 Å². The third kappa shape index (κ3) is 7.49. The van der Waals surface area contributed by atoms with Crippen LogP contribution in [0.4, 0.5) is 19.0 Å². The summed E-state index contributed by atoms with van der Waals surface area (Å²) in [5, 5.41) is 2.78. The summed E-state index contributed by atoms with van der Waals surface area (Å²) in [4.78, 5) is 31.0. The highest BCUT2D eigenvalue weighted by molar-refractivity contribution is 5.95. The first-order valence-electron chi connectivity index (χ1n) is 15.5. The monoisotopic (exact) mass is 650 g/mol. The lowest BCUT2D eigenvalue weighted by molar-refractivity contribution is -0.116. The first-order chi connectivity index (χ1) is 23.0. The van der Waals surface area contributed by atoms with E-state index in [9.17, 15) is 18.4 Å². The van der Waals surface area contributed by atoms with E-state index in [4.69, 9.17) is 10.2 Å². The highest BCUT2D eigenvalue weighted by Gasteiger charge is 2.32. The summed E-state index contributed by atoms with van der Waals surface area (Å²) in [7, 11) is 0. The number of pyridine rings is 1. The zero-order valence-electron chi connectivity index (χ0n) is 26.2. The highest BCUT2D eigenvalue weighted by atomic mass is 19.1. The average molecular weight is 651 g/mol. The van der Waals surface area contributed by atoms with Crippen LogP contribution >= 0.6 is 0 Å². The standard InChI is InChI=1S/C38H33F3N4O3/c1-38(41)16-18-45(19-17-38)37(47)27-7-11-30(33(40)21-27)26-6-12-31(32(20-26)25-4-8-28(39)9-5-25)34-13-10-29(48-34)23-44-36(46)15-3-24-2-14-35(42)43-22-24/h2-15,20-22H,16-19,23H2,1H3,(H2,42,43)(H,44,46)/b15-3+. The number of rotatable bonds is 8. The van der Waals surface area contributed by atoms with E-state index >= 15 is 4.39 Å². The Morgan fingerprint density at radius 2 is 1.65 bits per heavy atom. The molecule has 1 aliphatic heterocycles. The molecule has 1 saturated heterocycles. The van der Waals surface area contributed by atoms with Gasteiger partial charge >= 0.3 is 0 Å². The number of benzene rings is 3. The molecule has 7 nitrogen and oxygen atoms in total. The summed E-state index contributed by atoms with van der Waals surface area (Å²) >= 11 is 0. The van der Waals surface area contributed by atoms with Gasteiger partial charge in [-0.3, -0.25) is 9.59 Å². The first-order valence-corrected chi connectivity index (χ1v) is 15.5. The van der Waals surface area contributed by atoms with Gasteiger partial charge in [0.25, 0.3) is 5.91 Å². The van der Waals surface area contributed by atoms with Crippen LogP contribution in [0.3, 0.4) is 0 Å². The molecule has 3 heterocycles. The number of anilines is 1. The Balaban J connectivity index is 1.22. The second-order valence-corrected chi connectivity index (χ2v) is 12.0. The van der Waals surface area contributed by atoms with E-state index in [0.29, 0.717) is 39.6 Å². The molecule has 1 aliphatic rings. The van der Waals surface area contributed by atoms with Crippen molar-refractivity contribution >= 4 is 23.7 Å². The van der Waals surface area contributed by atoms with Crippen molar-refractivity contribution in [1.82, 2.24) is 15.2 Å². The SMILES string of the molecule is CC1(F)CCN(C(=O)c2ccc(-c3ccc(-c4ccc(CNC(=O)/C=C/c5ccc(N)nc5)o4)c(-c4ccc(F)cc4)c3)c(F)c2)CC1. The molecule has 0 unspecified atom stereocenters. The van der Waals surface area contributed by atoms with Crippen LogP contribution in [0.2, 0.25) is 0 Å². The maximum atomic E-state index is 15.6. The Morgan fingerprint density at radius 3 is 2.35 bits per heavy atom. The molecule has 3 N–H and O–H groups in total. The number of carbonyl (C=O) groups is 2. The largest absolute Gasteiger partial charge is 0.459 e. The molecule has 0 saturated carbocycles. The van der Waals surface area contributed by atoms with Crippen LogP contribution in [-0.4, -0.2) is 40.5 Å². The van der Waals surface area contributed by atoms with Gasteiger partial charge < -0.3 is 20.4 Å². The number of piperidine rings is 1. The minimum Gasteiger partial charge on any atom is -0.459 e. The van der Waals surface area contributed by atoms with E-state index in [1.165, 1.54) is 31.2 Å². The zero-order chi connectivity index (χ0) is 33.8. The van der Waals surface area contributed by atoms with Crippen LogP contribution in [0.25, 0.3) is 39.7 Å². The number of nitrogen functional groups attached to an aromatic ring is 1. The lowest BCUT2D eigenvalue weighted by Gasteiger charge is -2.34. The molecule has 0 radical (unpaired) electrons. The molecule has 244 valence electrons. The molecular weight excluding hydrogens is 617 g/mol. The fourth-order valence-electron chi connectivity index (χ4n) is 5.57. The molecule has 0 atom stereocenters. The van der Waals surface area contributed by atoms with E-state index < -0.39 is 17.3 Å². The van der Waals surface area contributed by atoms with E-state index in [0.717, 1.165) is 5.56 Å². The quantitative estimate of drug-likeness (QED) is 0.167. The summed E-state index contributed by atoms with van der Waals surface area (Å²) in [5.41, 5.74) is 8.06. The fourth-order valence-corrected chi connectivity index (χ4v) is 5.57. The highest BCUT2D eigenvalue weighted by Crippen LogP contribution is 2.37. The number of nitrogens with one attached hydrogen (secondary N) is 1. The van der Waals surface area contributed by atoms with Gasteiger partial charge in [-0.2, -0.15) is 0 Å². The maximum Gasteiger partial charge on any atom is 0.253 e. The number of likely N-dealkylation sites (tertiary alicyclic amines) is 1. The summed E-state index contributed by atoms with van der Waals surface area (Å²) in [6, 6.07) is 22.5. The van der Waals surface area contributed by atoms with Crippen molar-refractivity contribution in [2.75, 3.05) is 18.8 Å². The summed E-state index contributed by atoms with van der Waals surface area (Å²) < 4.78 is 49.7. The number of nitrogens with two attached hydrogens (primary N) is 1. The summed E-state index contributed by atoms with van der Waals surface area (Å²) in [6.07, 6.45) is 5.05. The molecular formula is C38H33F3N4O3. The Morgan fingerprint density at radius 1 is 0.917 bits per heavy atom. The molecule has 5 aromatic rings. The van der Waals surface area contributed by atoms with Crippen LogP contribution in [-0.2, 0) is 11.3 Å². The van der Waals surface area contributed by atoms with E-state index in [1.807, 2.05) is 0 Å². The van der Waals surface area contributed by atoms with E-state index in [-0.39, 0.29) is 55.4 Å². The van der Waals surface area contributed by atoms with Gasteiger partial charge in [-0.15, -0.1) is 0 Å². The third-order valence-electron chi connectivity index (χ3n) is 8.40. The second kappa shape index (κ2) is 13.6. The average Bonchev–Trinajstić information content (AvgIpc) is 3.56. The van der Waals surface area contributed by atoms with E-state index in [1.54, 1.807) is 83.9 Å². The van der Waals surface area contributed by atoms with Gasteiger partial charge in [-0.05, 0) is 109 Å². The van der Waals surface area contributed by atoms with Gasteiger partial charge in [0.05, 0.1) is 6.54 Å². The van der Waals surface area contributed by atoms with Gasteiger partial charge in [-0.25, -0.2) is 18.2 Å². The Hall–Kier alpha value is -5.64. The molecule has 2 aromatic heterocycles. The molecule has 48 heavy (non-hydrogen) atoms. The second-order valence-electron chi connectivity index (χ2n) is 12.0. The first kappa shape index (κ1) is 32.3. The minimum atomic E-state index is -1.30. The van der Waals surface area contributed by atoms with Gasteiger partial charge in [0.2, 0.25) is 5.91 Å². The normalized spacial score (nSPS) is 14.3. The van der Waals surface area contributed by atoms with Crippen molar-refractivity contribution < 1.29 is 27.2 Å². The fraction of sp³-hybridized carbons (Fsp3) is 0.184. The zero-order valence-corrected chi connectivity index (χ0v) is 26.2. The van der Waals surface area contributed by atoms with Crippen molar-refractivity contribution in [1.29, 1.82) is 0 Å². The molecule has 0 bridgehead atoms. The molecule has 0 aliphatic carbocycles. The van der Waals surface area contributed by atoms with Crippen molar-refractivity contribution in [3.05, 3.63) is 126 Å². The van der Waals surface area contributed by atoms with Gasteiger partial charge in [0, 0.05) is 42.1 Å². The predicted molar refractivity (Wildman–Crippen MR) is 179 cm³/mol. The van der Waals surface area contributed by atoms with Gasteiger partial charge in [0.1, 0.15) is 34.6 Å². The lowest BCUT2D eigenvalue weighted by atomic mass is 9.92. The van der Waals surface area contributed by atoms with Crippen molar-refractivity contribution in [2.24, 2.45) is 0 Å². The third-order valence-corrected chi connectivity index (χ3v) is 8.40. The number of hydrogen-bond acceptors (Lipinski definition) is 5. The summed E-state index contributed by atoms with van der Waals surface area (Å²) in [6.45, 7) is 2.21. The number of nitrogens with zero attached hydrogens (tertiary/aromatic N) is 2. The number of furan rings is 1. The Kier molecular flexibility index (Phi) is 9.16. The van der Waals surface area contributed by atoms with Crippen LogP contribution in [0.1, 0.15) is 41.4 Å². The number of amides is 2. The molecule has 10 heteroatoms. The van der Waals surface area contributed by atoms with Gasteiger partial charge in [0.15, 0.2) is 0 Å². The molecule has 6 rings (SSSR count). The number of alkyl halides is 1. The summed E-state index contributed by atoms with van der Waals surface area (Å²) in [5.74, 6) is -0.242. The molecule has 1 fully saturated rings. The Bertz CT molecular complexity index is 1980. The topological polar surface area (TPSA) is 101 Å².